The van der Waals surface area contributed by atoms with Crippen LogP contribution in [-0.4, -0.2) is 35.8 Å². The minimum Gasteiger partial charge on any atom is -0.338 e. The number of benzene rings is 1. The van der Waals surface area contributed by atoms with Gasteiger partial charge in [0.1, 0.15) is 6.54 Å². The fraction of sp³-hybridized carbons (Fsp3) is 0.500. The number of piperidine rings is 1. The minimum absolute atomic E-state index is 0.362. The fourth-order valence-corrected chi connectivity index (χ4v) is 3.24. The summed E-state index contributed by atoms with van der Waals surface area (Å²) in [5.74, 6) is 0.362. The van der Waals surface area contributed by atoms with Gasteiger partial charge in [-0.1, -0.05) is 18.2 Å². The Morgan fingerprint density at radius 3 is 2.48 bits per heavy atom. The van der Waals surface area contributed by atoms with Crippen LogP contribution in [0, 0.1) is 0 Å². The van der Waals surface area contributed by atoms with Crippen LogP contribution in [0.2, 0.25) is 0 Å². The minimum atomic E-state index is -4.19. The number of rotatable bonds is 2. The molecule has 0 spiro atoms. The second kappa shape index (κ2) is 5.37. The molecule has 0 amide bonds. The third-order valence-corrected chi connectivity index (χ3v) is 4.33. The number of halogens is 3. The number of fused-ring (bicyclic) bond motifs is 1. The van der Waals surface area contributed by atoms with Crippen molar-refractivity contribution in [2.75, 3.05) is 20.1 Å². The molecule has 2 heterocycles. The molecule has 1 aromatic carbocycles. The van der Waals surface area contributed by atoms with Crippen molar-refractivity contribution in [2.45, 2.75) is 31.5 Å². The van der Waals surface area contributed by atoms with Gasteiger partial charge in [-0.3, -0.25) is 0 Å². The Bertz CT molecular complexity index is 622. The first-order chi connectivity index (χ1) is 9.94. The molecule has 5 heteroatoms. The van der Waals surface area contributed by atoms with Gasteiger partial charge in [-0.2, -0.15) is 13.2 Å². The predicted molar refractivity (Wildman–Crippen MR) is 77.5 cm³/mol. The van der Waals surface area contributed by atoms with Crippen molar-refractivity contribution in [3.63, 3.8) is 0 Å². The van der Waals surface area contributed by atoms with Gasteiger partial charge in [-0.05, 0) is 50.5 Å². The first-order valence-electron chi connectivity index (χ1n) is 7.27. The monoisotopic (exact) mass is 296 g/mol. The van der Waals surface area contributed by atoms with Crippen LogP contribution in [0.25, 0.3) is 10.9 Å². The summed E-state index contributed by atoms with van der Waals surface area (Å²) >= 11 is 0. The largest absolute Gasteiger partial charge is 0.406 e. The molecule has 21 heavy (non-hydrogen) atoms. The van der Waals surface area contributed by atoms with E-state index in [0.717, 1.165) is 36.9 Å². The number of alkyl halides is 3. The van der Waals surface area contributed by atoms with Gasteiger partial charge in [-0.15, -0.1) is 0 Å². The number of nitrogens with zero attached hydrogens (tertiary/aromatic N) is 2. The van der Waals surface area contributed by atoms with Crippen molar-refractivity contribution >= 4 is 10.9 Å². The van der Waals surface area contributed by atoms with E-state index in [1.807, 2.05) is 12.1 Å². The number of hydrogen-bond acceptors (Lipinski definition) is 1. The summed E-state index contributed by atoms with van der Waals surface area (Å²) in [6.07, 6.45) is -0.451. The van der Waals surface area contributed by atoms with E-state index in [0.29, 0.717) is 11.4 Å². The molecule has 0 radical (unpaired) electrons. The Morgan fingerprint density at radius 1 is 1.14 bits per heavy atom. The number of para-hydroxylation sites is 1. The Balaban J connectivity index is 1.99. The lowest BCUT2D eigenvalue weighted by Crippen LogP contribution is -2.29. The molecule has 1 aliphatic heterocycles. The molecule has 1 aliphatic rings. The van der Waals surface area contributed by atoms with Crippen molar-refractivity contribution in [3.05, 3.63) is 36.0 Å². The summed E-state index contributed by atoms with van der Waals surface area (Å²) in [5.41, 5.74) is 1.76. The lowest BCUT2D eigenvalue weighted by Gasteiger charge is -2.28. The van der Waals surface area contributed by atoms with Gasteiger partial charge in [0, 0.05) is 17.1 Å². The molecule has 1 saturated heterocycles. The molecule has 0 aliphatic carbocycles. The summed E-state index contributed by atoms with van der Waals surface area (Å²) in [4.78, 5) is 2.27. The van der Waals surface area contributed by atoms with E-state index in [1.165, 1.54) is 4.57 Å². The quantitative estimate of drug-likeness (QED) is 0.813. The van der Waals surface area contributed by atoms with Crippen molar-refractivity contribution in [3.8, 4) is 0 Å². The first-order valence-corrected chi connectivity index (χ1v) is 7.27. The van der Waals surface area contributed by atoms with Crippen LogP contribution in [-0.2, 0) is 6.54 Å². The third kappa shape index (κ3) is 3.07. The van der Waals surface area contributed by atoms with E-state index in [1.54, 1.807) is 18.3 Å². The SMILES string of the molecule is CN1CCC(c2cn(CC(F)(F)F)c3ccccc23)CC1. The first kappa shape index (κ1) is 14.4. The maximum atomic E-state index is 12.7. The van der Waals surface area contributed by atoms with Gasteiger partial charge in [0.05, 0.1) is 0 Å². The zero-order valence-corrected chi connectivity index (χ0v) is 12.0. The van der Waals surface area contributed by atoms with Crippen molar-refractivity contribution in [1.82, 2.24) is 9.47 Å². The van der Waals surface area contributed by atoms with E-state index in [2.05, 4.69) is 11.9 Å². The van der Waals surface area contributed by atoms with Gasteiger partial charge < -0.3 is 9.47 Å². The van der Waals surface area contributed by atoms with E-state index >= 15 is 0 Å². The van der Waals surface area contributed by atoms with E-state index < -0.39 is 12.7 Å². The van der Waals surface area contributed by atoms with Gasteiger partial charge in [0.15, 0.2) is 0 Å². The molecule has 0 saturated carbocycles. The van der Waals surface area contributed by atoms with Crippen LogP contribution in [0.15, 0.2) is 30.5 Å². The molecule has 1 fully saturated rings. The van der Waals surface area contributed by atoms with Crippen LogP contribution >= 0.6 is 0 Å². The Kier molecular flexibility index (Phi) is 3.69. The highest BCUT2D eigenvalue weighted by Gasteiger charge is 2.30. The highest BCUT2D eigenvalue weighted by molar-refractivity contribution is 5.84. The number of hydrogen-bond donors (Lipinski definition) is 0. The van der Waals surface area contributed by atoms with Crippen LogP contribution in [0.3, 0.4) is 0 Å². The molecule has 0 atom stereocenters. The Labute approximate surface area is 122 Å². The molecular formula is C16H19F3N2. The summed E-state index contributed by atoms with van der Waals surface area (Å²) in [6.45, 7) is 1.09. The maximum absolute atomic E-state index is 12.7. The Morgan fingerprint density at radius 2 is 1.81 bits per heavy atom. The van der Waals surface area contributed by atoms with Crippen molar-refractivity contribution in [2.24, 2.45) is 0 Å². The summed E-state index contributed by atoms with van der Waals surface area (Å²) in [7, 11) is 2.09. The van der Waals surface area contributed by atoms with Gasteiger partial charge in [-0.25, -0.2) is 0 Å². The van der Waals surface area contributed by atoms with Crippen molar-refractivity contribution in [1.29, 1.82) is 0 Å². The standard InChI is InChI=1S/C16H19F3N2/c1-20-8-6-12(7-9-20)14-10-21(11-16(17,18)19)15-5-3-2-4-13(14)15/h2-5,10,12H,6-9,11H2,1H3. The molecule has 3 rings (SSSR count). The lowest BCUT2D eigenvalue weighted by molar-refractivity contribution is -0.139. The Hall–Kier alpha value is -1.49. The summed E-state index contributed by atoms with van der Waals surface area (Å²) < 4.78 is 39.6. The van der Waals surface area contributed by atoms with Gasteiger partial charge in [0.25, 0.3) is 0 Å². The summed E-state index contributed by atoms with van der Waals surface area (Å²) in [6, 6.07) is 7.42. The second-order valence-corrected chi connectivity index (χ2v) is 5.92. The lowest BCUT2D eigenvalue weighted by atomic mass is 9.89. The molecule has 0 unspecified atom stereocenters. The molecule has 0 N–H and O–H groups in total. The maximum Gasteiger partial charge on any atom is 0.406 e. The topological polar surface area (TPSA) is 8.17 Å². The average molecular weight is 296 g/mol. The van der Waals surface area contributed by atoms with E-state index in [-0.39, 0.29) is 0 Å². The van der Waals surface area contributed by atoms with Crippen LogP contribution < -0.4 is 0 Å². The molecular weight excluding hydrogens is 277 g/mol. The highest BCUT2D eigenvalue weighted by Crippen LogP contribution is 2.35. The number of likely N-dealkylation sites (tertiary alicyclic amines) is 1. The van der Waals surface area contributed by atoms with Gasteiger partial charge in [0.2, 0.25) is 0 Å². The van der Waals surface area contributed by atoms with Crippen LogP contribution in [0.4, 0.5) is 13.2 Å². The van der Waals surface area contributed by atoms with E-state index in [4.69, 9.17) is 0 Å². The predicted octanol–water partition coefficient (Wildman–Crippen LogP) is 4.01. The molecule has 2 aromatic rings. The zero-order chi connectivity index (χ0) is 15.0. The van der Waals surface area contributed by atoms with E-state index in [9.17, 15) is 13.2 Å². The zero-order valence-electron chi connectivity index (χ0n) is 12.0. The molecule has 1 aromatic heterocycles. The normalized spacial score (nSPS) is 18.5. The van der Waals surface area contributed by atoms with Crippen molar-refractivity contribution < 1.29 is 13.2 Å². The van der Waals surface area contributed by atoms with Gasteiger partial charge >= 0.3 is 6.18 Å². The van der Waals surface area contributed by atoms with Crippen LogP contribution in [0.1, 0.15) is 24.3 Å². The smallest absolute Gasteiger partial charge is 0.338 e. The number of aromatic nitrogens is 1. The highest BCUT2D eigenvalue weighted by atomic mass is 19.4. The third-order valence-electron chi connectivity index (χ3n) is 4.33. The fourth-order valence-electron chi connectivity index (χ4n) is 3.24. The molecule has 0 bridgehead atoms. The second-order valence-electron chi connectivity index (χ2n) is 5.92. The molecule has 114 valence electrons. The average Bonchev–Trinajstić information content (AvgIpc) is 2.77. The summed E-state index contributed by atoms with van der Waals surface area (Å²) in [5, 5.41) is 0.969. The van der Waals surface area contributed by atoms with Crippen LogP contribution in [0.5, 0.6) is 0 Å². The molecule has 2 nitrogen and oxygen atoms in total.